The number of oxazole rings is 1. The lowest BCUT2D eigenvalue weighted by atomic mass is 9.92. The first kappa shape index (κ1) is 27.4. The van der Waals surface area contributed by atoms with E-state index in [1.807, 2.05) is 39.0 Å². The van der Waals surface area contributed by atoms with Gasteiger partial charge in [0, 0.05) is 31.3 Å². The van der Waals surface area contributed by atoms with Crippen LogP contribution in [0.5, 0.6) is 0 Å². The zero-order valence-electron chi connectivity index (χ0n) is 23.2. The zero-order valence-corrected chi connectivity index (χ0v) is 23.2. The number of rotatable bonds is 6. The molecule has 1 atom stereocenters. The van der Waals surface area contributed by atoms with E-state index in [1.165, 1.54) is 4.57 Å². The summed E-state index contributed by atoms with van der Waals surface area (Å²) in [6.45, 7) is 10.6. The molecule has 1 aromatic carbocycles. The SMILES string of the molecule is CC(C)(C)OC(=O)C1CCN(CCC2CCN(c3ccc4c(c3)oc(=O)n4C3CCC(=O)NC3=O)CC2)CC1. The van der Waals surface area contributed by atoms with Crippen LogP contribution in [0, 0.1) is 11.8 Å². The third-order valence-corrected chi connectivity index (χ3v) is 8.28. The van der Waals surface area contributed by atoms with E-state index in [4.69, 9.17) is 9.15 Å². The topological polar surface area (TPSA) is 114 Å². The monoisotopic (exact) mass is 540 g/mol. The Hall–Kier alpha value is -3.14. The highest BCUT2D eigenvalue weighted by atomic mass is 16.6. The minimum absolute atomic E-state index is 0.0198. The standard InChI is InChI=1S/C29H40N4O6/c1-29(2,3)39-27(36)20-11-14-31(15-12-20)13-8-19-9-16-32(17-10-19)21-4-5-22-24(18-21)38-28(37)33(22)23-6-7-25(34)30-26(23)35/h4-5,18-20,23H,6-17H2,1-3H3,(H,30,34,35). The number of esters is 1. The lowest BCUT2D eigenvalue weighted by molar-refractivity contribution is -0.161. The Morgan fingerprint density at radius 3 is 2.41 bits per heavy atom. The first-order valence-electron chi connectivity index (χ1n) is 14.3. The van der Waals surface area contributed by atoms with Gasteiger partial charge in [0.05, 0.1) is 11.4 Å². The number of carbonyl (C=O) groups excluding carboxylic acids is 3. The molecule has 10 heteroatoms. The smallest absolute Gasteiger partial charge is 0.420 e. The highest BCUT2D eigenvalue weighted by molar-refractivity contribution is 6.00. The van der Waals surface area contributed by atoms with Crippen LogP contribution in [-0.2, 0) is 19.1 Å². The van der Waals surface area contributed by atoms with Crippen LogP contribution in [0.25, 0.3) is 11.1 Å². The number of fused-ring (bicyclic) bond motifs is 1. The molecule has 3 aliphatic heterocycles. The van der Waals surface area contributed by atoms with Gasteiger partial charge in [0.25, 0.3) is 0 Å². The van der Waals surface area contributed by atoms with Crippen molar-refractivity contribution >= 4 is 34.6 Å². The van der Waals surface area contributed by atoms with Gasteiger partial charge in [-0.1, -0.05) is 0 Å². The van der Waals surface area contributed by atoms with Gasteiger partial charge in [-0.3, -0.25) is 24.3 Å². The van der Waals surface area contributed by atoms with Crippen LogP contribution in [0.3, 0.4) is 0 Å². The van der Waals surface area contributed by atoms with Gasteiger partial charge in [0.1, 0.15) is 11.6 Å². The summed E-state index contributed by atoms with van der Waals surface area (Å²) >= 11 is 0. The molecule has 0 aliphatic carbocycles. The Balaban J connectivity index is 1.11. The second-order valence-electron chi connectivity index (χ2n) is 12.2. The summed E-state index contributed by atoms with van der Waals surface area (Å²) in [4.78, 5) is 53.6. The largest absolute Gasteiger partial charge is 0.460 e. The molecule has 39 heavy (non-hydrogen) atoms. The van der Waals surface area contributed by atoms with Crippen LogP contribution in [0.15, 0.2) is 27.4 Å². The number of hydrogen-bond acceptors (Lipinski definition) is 8. The van der Waals surface area contributed by atoms with Crippen molar-refractivity contribution in [2.24, 2.45) is 11.8 Å². The number of likely N-dealkylation sites (tertiary alicyclic amines) is 1. The fourth-order valence-corrected chi connectivity index (χ4v) is 6.07. The van der Waals surface area contributed by atoms with Crippen molar-refractivity contribution in [2.75, 3.05) is 37.6 Å². The molecule has 10 nitrogen and oxygen atoms in total. The van der Waals surface area contributed by atoms with Crippen LogP contribution in [-0.4, -0.2) is 65.6 Å². The van der Waals surface area contributed by atoms with E-state index in [0.29, 0.717) is 17.0 Å². The molecule has 3 aliphatic rings. The number of ether oxygens (including phenoxy) is 1. The average molecular weight is 541 g/mol. The molecule has 212 valence electrons. The molecule has 1 aromatic heterocycles. The Kier molecular flexibility index (Phi) is 7.84. The highest BCUT2D eigenvalue weighted by Gasteiger charge is 2.32. The summed E-state index contributed by atoms with van der Waals surface area (Å²) in [6, 6.07) is 4.97. The normalized spacial score (nSPS) is 22.3. The van der Waals surface area contributed by atoms with Crippen LogP contribution >= 0.6 is 0 Å². The summed E-state index contributed by atoms with van der Waals surface area (Å²) in [7, 11) is 0. The Morgan fingerprint density at radius 2 is 1.74 bits per heavy atom. The van der Waals surface area contributed by atoms with Gasteiger partial charge in [-0.2, -0.15) is 0 Å². The average Bonchev–Trinajstić information content (AvgIpc) is 3.22. The number of amides is 2. The van der Waals surface area contributed by atoms with Gasteiger partial charge in [-0.15, -0.1) is 0 Å². The predicted molar refractivity (Wildman–Crippen MR) is 146 cm³/mol. The third-order valence-electron chi connectivity index (χ3n) is 8.28. The second-order valence-corrected chi connectivity index (χ2v) is 12.2. The molecule has 0 spiro atoms. The van der Waals surface area contributed by atoms with Gasteiger partial charge < -0.3 is 19.0 Å². The Morgan fingerprint density at radius 1 is 1.03 bits per heavy atom. The van der Waals surface area contributed by atoms with Crippen molar-refractivity contribution < 1.29 is 23.5 Å². The van der Waals surface area contributed by atoms with E-state index in [0.717, 1.165) is 70.5 Å². The molecule has 1 N–H and O–H groups in total. The Bertz CT molecular complexity index is 1270. The number of piperidine rings is 3. The quantitative estimate of drug-likeness (QED) is 0.439. The van der Waals surface area contributed by atoms with Gasteiger partial charge in [0.15, 0.2) is 5.58 Å². The van der Waals surface area contributed by atoms with E-state index in [-0.39, 0.29) is 30.6 Å². The molecule has 0 radical (unpaired) electrons. The van der Waals surface area contributed by atoms with Crippen LogP contribution in [0.2, 0.25) is 0 Å². The van der Waals surface area contributed by atoms with Crippen LogP contribution in [0.1, 0.15) is 71.8 Å². The van der Waals surface area contributed by atoms with E-state index in [2.05, 4.69) is 15.1 Å². The van der Waals surface area contributed by atoms with E-state index >= 15 is 0 Å². The second kappa shape index (κ2) is 11.2. The number of nitrogens with one attached hydrogen (secondary N) is 1. The minimum atomic E-state index is -0.735. The number of nitrogens with zero attached hydrogens (tertiary/aromatic N) is 3. The molecular formula is C29H40N4O6. The summed E-state index contributed by atoms with van der Waals surface area (Å²) in [5.74, 6) is -0.725. The fraction of sp³-hybridized carbons (Fsp3) is 0.655. The first-order valence-corrected chi connectivity index (χ1v) is 14.3. The maximum absolute atomic E-state index is 12.6. The fourth-order valence-electron chi connectivity index (χ4n) is 6.07. The van der Waals surface area contributed by atoms with Crippen molar-refractivity contribution in [3.05, 3.63) is 28.7 Å². The lowest BCUT2D eigenvalue weighted by Crippen LogP contribution is -2.43. The highest BCUT2D eigenvalue weighted by Crippen LogP contribution is 2.30. The molecule has 2 amide bonds. The molecule has 1 unspecified atom stereocenters. The van der Waals surface area contributed by atoms with Gasteiger partial charge in [-0.25, -0.2) is 4.79 Å². The third kappa shape index (κ3) is 6.37. The van der Waals surface area contributed by atoms with Crippen LogP contribution < -0.4 is 16.0 Å². The van der Waals surface area contributed by atoms with Crippen molar-refractivity contribution in [3.8, 4) is 0 Å². The molecule has 5 rings (SSSR count). The van der Waals surface area contributed by atoms with Crippen molar-refractivity contribution in [1.82, 2.24) is 14.8 Å². The molecule has 3 saturated heterocycles. The van der Waals surface area contributed by atoms with Crippen molar-refractivity contribution in [3.63, 3.8) is 0 Å². The van der Waals surface area contributed by atoms with Gasteiger partial charge in [0.2, 0.25) is 11.8 Å². The maximum atomic E-state index is 12.6. The number of imide groups is 1. The number of benzene rings is 1. The number of hydrogen-bond donors (Lipinski definition) is 1. The maximum Gasteiger partial charge on any atom is 0.420 e. The number of aromatic nitrogens is 1. The first-order chi connectivity index (χ1) is 18.6. The zero-order chi connectivity index (χ0) is 27.7. The molecule has 4 heterocycles. The number of anilines is 1. The summed E-state index contributed by atoms with van der Waals surface area (Å²) in [6.07, 6.45) is 5.60. The lowest BCUT2D eigenvalue weighted by Gasteiger charge is -2.36. The molecule has 0 bridgehead atoms. The minimum Gasteiger partial charge on any atom is -0.460 e. The molecule has 3 fully saturated rings. The molecule has 0 saturated carbocycles. The summed E-state index contributed by atoms with van der Waals surface area (Å²) < 4.78 is 12.4. The van der Waals surface area contributed by atoms with E-state index in [9.17, 15) is 19.2 Å². The van der Waals surface area contributed by atoms with E-state index < -0.39 is 23.3 Å². The van der Waals surface area contributed by atoms with Gasteiger partial charge >= 0.3 is 11.7 Å². The van der Waals surface area contributed by atoms with Crippen molar-refractivity contribution in [2.45, 2.75) is 77.4 Å². The van der Waals surface area contributed by atoms with Crippen molar-refractivity contribution in [1.29, 1.82) is 0 Å². The molecular weight excluding hydrogens is 500 g/mol. The Labute approximate surface area is 228 Å². The summed E-state index contributed by atoms with van der Waals surface area (Å²) in [5, 5.41) is 2.31. The van der Waals surface area contributed by atoms with E-state index in [1.54, 1.807) is 0 Å². The van der Waals surface area contributed by atoms with Gasteiger partial charge in [-0.05, 0) is 97.0 Å². The predicted octanol–water partition coefficient (Wildman–Crippen LogP) is 3.23. The molecule has 2 aromatic rings. The summed E-state index contributed by atoms with van der Waals surface area (Å²) in [5.41, 5.74) is 1.61. The number of carbonyl (C=O) groups is 3. The van der Waals surface area contributed by atoms with Crippen LogP contribution in [0.4, 0.5) is 5.69 Å².